The van der Waals surface area contributed by atoms with Gasteiger partial charge in [0.2, 0.25) is 5.91 Å². The van der Waals surface area contributed by atoms with Crippen LogP contribution in [0.15, 0.2) is 12.7 Å². The topological polar surface area (TPSA) is 69.6 Å². The van der Waals surface area contributed by atoms with E-state index in [1.54, 1.807) is 0 Å². The molecule has 2 aliphatic heterocycles. The molecule has 0 aliphatic carbocycles. The van der Waals surface area contributed by atoms with E-state index < -0.39 is 12.1 Å². The molecule has 2 atom stereocenters. The van der Waals surface area contributed by atoms with Crippen LogP contribution >= 0.6 is 0 Å². The molecular weight excluding hydrogens is 265 g/mol. The molecule has 108 valence electrons. The highest BCUT2D eigenvalue weighted by atomic mass is 19.4. The normalized spacial score (nSPS) is 25.3. The smallest absolute Gasteiger partial charge is 0.475 e. The van der Waals surface area contributed by atoms with E-state index >= 15 is 0 Å². The maximum absolute atomic E-state index is 11.4. The third-order valence-corrected chi connectivity index (χ3v) is 3.05. The van der Waals surface area contributed by atoms with Gasteiger partial charge in [-0.15, -0.1) is 0 Å². The highest BCUT2D eigenvalue weighted by Gasteiger charge is 2.38. The molecule has 2 saturated heterocycles. The van der Waals surface area contributed by atoms with Crippen molar-refractivity contribution in [2.24, 2.45) is 0 Å². The zero-order valence-corrected chi connectivity index (χ0v) is 10.1. The number of nitrogens with one attached hydrogen (secondary N) is 1. The van der Waals surface area contributed by atoms with Crippen LogP contribution in [0.4, 0.5) is 13.2 Å². The summed E-state index contributed by atoms with van der Waals surface area (Å²) < 4.78 is 31.7. The van der Waals surface area contributed by atoms with Crippen molar-refractivity contribution in [2.75, 3.05) is 13.1 Å². The number of amides is 1. The van der Waals surface area contributed by atoms with Crippen molar-refractivity contribution in [3.05, 3.63) is 12.7 Å². The van der Waals surface area contributed by atoms with Gasteiger partial charge >= 0.3 is 12.1 Å². The first-order valence-electron chi connectivity index (χ1n) is 5.73. The Hall–Kier alpha value is -1.57. The Labute approximate surface area is 108 Å². The number of nitrogens with zero attached hydrogens (tertiary/aromatic N) is 1. The molecule has 2 bridgehead atoms. The van der Waals surface area contributed by atoms with E-state index in [9.17, 15) is 18.0 Å². The number of carbonyl (C=O) groups is 2. The number of carboxylic acids is 1. The average Bonchev–Trinajstić information content (AvgIpc) is 2.57. The molecule has 1 amide bonds. The first-order valence-corrected chi connectivity index (χ1v) is 5.73. The van der Waals surface area contributed by atoms with Gasteiger partial charge in [-0.1, -0.05) is 6.58 Å². The summed E-state index contributed by atoms with van der Waals surface area (Å²) in [4.78, 5) is 22.3. The minimum absolute atomic E-state index is 0.101. The van der Waals surface area contributed by atoms with Crippen LogP contribution in [-0.4, -0.2) is 53.2 Å². The highest BCUT2D eigenvalue weighted by Crippen LogP contribution is 2.26. The lowest BCUT2D eigenvalue weighted by Crippen LogP contribution is -2.53. The Morgan fingerprint density at radius 2 is 1.68 bits per heavy atom. The van der Waals surface area contributed by atoms with Crippen molar-refractivity contribution in [3.8, 4) is 0 Å². The van der Waals surface area contributed by atoms with Crippen molar-refractivity contribution >= 4 is 11.9 Å². The Morgan fingerprint density at radius 3 is 2.00 bits per heavy atom. The van der Waals surface area contributed by atoms with Crippen LogP contribution in [0.25, 0.3) is 0 Å². The fourth-order valence-electron chi connectivity index (χ4n) is 2.24. The maximum atomic E-state index is 11.4. The minimum atomic E-state index is -5.08. The van der Waals surface area contributed by atoms with Gasteiger partial charge in [0.1, 0.15) is 0 Å². The minimum Gasteiger partial charge on any atom is -0.475 e. The van der Waals surface area contributed by atoms with E-state index in [-0.39, 0.29) is 5.91 Å². The lowest BCUT2D eigenvalue weighted by Gasteiger charge is -2.34. The molecular formula is C11H15F3N2O3. The second-order valence-corrected chi connectivity index (χ2v) is 4.30. The third-order valence-electron chi connectivity index (χ3n) is 3.05. The molecule has 0 aromatic rings. The molecule has 5 nitrogen and oxygen atoms in total. The van der Waals surface area contributed by atoms with Crippen LogP contribution in [0.3, 0.4) is 0 Å². The van der Waals surface area contributed by atoms with Crippen molar-refractivity contribution < 1.29 is 27.9 Å². The zero-order chi connectivity index (χ0) is 14.6. The quantitative estimate of drug-likeness (QED) is 0.696. The molecule has 0 aromatic carbocycles. The van der Waals surface area contributed by atoms with Crippen molar-refractivity contribution in [2.45, 2.75) is 31.1 Å². The molecule has 2 fully saturated rings. The van der Waals surface area contributed by atoms with E-state index in [1.807, 2.05) is 4.90 Å². The first-order chi connectivity index (χ1) is 8.77. The average molecular weight is 280 g/mol. The van der Waals surface area contributed by atoms with Gasteiger partial charge in [0.15, 0.2) is 0 Å². The number of hydrogen-bond acceptors (Lipinski definition) is 3. The molecule has 0 spiro atoms. The predicted octanol–water partition coefficient (Wildman–Crippen LogP) is 0.768. The molecule has 0 aromatic heterocycles. The third kappa shape index (κ3) is 3.95. The summed E-state index contributed by atoms with van der Waals surface area (Å²) >= 11 is 0. The second kappa shape index (κ2) is 6.05. The molecule has 0 unspecified atom stereocenters. The standard InChI is InChI=1S/C9H14N2O.C2HF3O2/c1-2-9(12)11-7-3-4-8(11)6-10-5-7;3-2(4,5)1(6)7/h2,7-8,10H,1,3-6H2;(H,6,7)/t7-,8+;. The highest BCUT2D eigenvalue weighted by molar-refractivity contribution is 5.87. The van der Waals surface area contributed by atoms with Crippen LogP contribution in [0.1, 0.15) is 12.8 Å². The number of aliphatic carboxylic acids is 1. The summed E-state index contributed by atoms with van der Waals surface area (Å²) in [5.41, 5.74) is 0. The van der Waals surface area contributed by atoms with E-state index in [0.717, 1.165) is 25.9 Å². The summed E-state index contributed by atoms with van der Waals surface area (Å²) in [5, 5.41) is 10.5. The number of fused-ring (bicyclic) bond motifs is 2. The van der Waals surface area contributed by atoms with Gasteiger partial charge in [-0.2, -0.15) is 13.2 Å². The number of carbonyl (C=O) groups excluding carboxylic acids is 1. The van der Waals surface area contributed by atoms with Gasteiger partial charge in [-0.05, 0) is 18.9 Å². The van der Waals surface area contributed by atoms with Crippen LogP contribution in [0.5, 0.6) is 0 Å². The Kier molecular flexibility index (Phi) is 4.93. The van der Waals surface area contributed by atoms with Crippen molar-refractivity contribution in [3.63, 3.8) is 0 Å². The van der Waals surface area contributed by atoms with Crippen LogP contribution in [-0.2, 0) is 9.59 Å². The molecule has 0 saturated carbocycles. The zero-order valence-electron chi connectivity index (χ0n) is 10.1. The van der Waals surface area contributed by atoms with Crippen LogP contribution in [0.2, 0.25) is 0 Å². The van der Waals surface area contributed by atoms with Crippen LogP contribution < -0.4 is 5.32 Å². The first kappa shape index (κ1) is 15.5. The van der Waals surface area contributed by atoms with Gasteiger partial charge < -0.3 is 15.3 Å². The van der Waals surface area contributed by atoms with E-state index in [1.165, 1.54) is 6.08 Å². The molecule has 2 N–H and O–H groups in total. The maximum Gasteiger partial charge on any atom is 0.490 e. The van der Waals surface area contributed by atoms with Gasteiger partial charge in [-0.25, -0.2) is 4.79 Å². The van der Waals surface area contributed by atoms with Crippen molar-refractivity contribution in [1.82, 2.24) is 10.2 Å². The van der Waals surface area contributed by atoms with Crippen LogP contribution in [0, 0.1) is 0 Å². The molecule has 2 heterocycles. The molecule has 2 aliphatic rings. The van der Waals surface area contributed by atoms with E-state index in [4.69, 9.17) is 9.90 Å². The lowest BCUT2D eigenvalue weighted by atomic mass is 10.2. The number of piperazine rings is 1. The Bertz CT molecular complexity index is 355. The van der Waals surface area contributed by atoms with Gasteiger partial charge in [0, 0.05) is 25.2 Å². The number of carboxylic acid groups (broad SMARTS) is 1. The van der Waals surface area contributed by atoms with Gasteiger partial charge in [-0.3, -0.25) is 4.79 Å². The summed E-state index contributed by atoms with van der Waals surface area (Å²) in [7, 11) is 0. The van der Waals surface area contributed by atoms with Crippen molar-refractivity contribution in [1.29, 1.82) is 0 Å². The summed E-state index contributed by atoms with van der Waals surface area (Å²) in [5.74, 6) is -2.66. The fraction of sp³-hybridized carbons (Fsp3) is 0.636. The van der Waals surface area contributed by atoms with E-state index in [0.29, 0.717) is 12.1 Å². The number of hydrogen-bond donors (Lipinski definition) is 2. The predicted molar refractivity (Wildman–Crippen MR) is 60.4 cm³/mol. The molecule has 8 heteroatoms. The second-order valence-electron chi connectivity index (χ2n) is 4.30. The monoisotopic (exact) mass is 280 g/mol. The summed E-state index contributed by atoms with van der Waals surface area (Å²) in [6, 6.07) is 0.850. The fourth-order valence-corrected chi connectivity index (χ4v) is 2.24. The Morgan fingerprint density at radius 1 is 1.26 bits per heavy atom. The van der Waals surface area contributed by atoms with E-state index in [2.05, 4.69) is 11.9 Å². The Balaban J connectivity index is 0.000000224. The molecule has 19 heavy (non-hydrogen) atoms. The van der Waals surface area contributed by atoms with Gasteiger partial charge in [0.25, 0.3) is 0 Å². The SMILES string of the molecule is C=CC(=O)N1[C@@H]2CC[C@H]1CNC2.O=C(O)C(F)(F)F. The lowest BCUT2D eigenvalue weighted by molar-refractivity contribution is -0.192. The molecule has 2 rings (SSSR count). The summed E-state index contributed by atoms with van der Waals surface area (Å²) in [6.07, 6.45) is -1.36. The number of rotatable bonds is 1. The summed E-state index contributed by atoms with van der Waals surface area (Å²) in [6.45, 7) is 5.43. The van der Waals surface area contributed by atoms with Gasteiger partial charge in [0.05, 0.1) is 0 Å². The number of halogens is 3. The number of alkyl halides is 3. The largest absolute Gasteiger partial charge is 0.490 e. The molecule has 0 radical (unpaired) electrons.